The first-order valence-corrected chi connectivity index (χ1v) is 5.87. The molecule has 0 saturated heterocycles. The van der Waals surface area contributed by atoms with Crippen LogP contribution in [0.2, 0.25) is 0 Å². The van der Waals surface area contributed by atoms with Crippen LogP contribution in [0.5, 0.6) is 0 Å². The minimum absolute atomic E-state index is 0.263. The molecule has 0 aliphatic carbocycles. The van der Waals surface area contributed by atoms with E-state index in [1.165, 1.54) is 0 Å². The molecule has 3 N–H and O–H groups in total. The lowest BCUT2D eigenvalue weighted by Crippen LogP contribution is -2.17. The third kappa shape index (κ3) is 2.26. The van der Waals surface area contributed by atoms with E-state index < -0.39 is 0 Å². The van der Waals surface area contributed by atoms with Gasteiger partial charge in [-0.05, 0) is 18.2 Å². The fraction of sp³-hybridized carbons (Fsp3) is 0. The highest BCUT2D eigenvalue weighted by molar-refractivity contribution is 5.99. The van der Waals surface area contributed by atoms with Crippen LogP contribution in [0.25, 0.3) is 10.9 Å². The number of carbonyl (C=O) groups excluding carboxylic acids is 1. The molecule has 0 atom stereocenters. The van der Waals surface area contributed by atoms with E-state index in [0.717, 1.165) is 16.5 Å². The van der Waals surface area contributed by atoms with Gasteiger partial charge >= 0.3 is 0 Å². The minimum atomic E-state index is -0.263. The second-order valence-electron chi connectivity index (χ2n) is 4.07. The maximum atomic E-state index is 11.6. The zero-order valence-electron chi connectivity index (χ0n) is 10.1. The smallest absolute Gasteiger partial charge is 0.287 e. The van der Waals surface area contributed by atoms with Crippen LogP contribution in [0.3, 0.4) is 0 Å². The number of nitrogens with zero attached hydrogens (tertiary/aromatic N) is 1. The van der Waals surface area contributed by atoms with Crippen LogP contribution in [0.1, 0.15) is 16.1 Å². The average molecular weight is 252 g/mol. The Morgan fingerprint density at radius 2 is 2.05 bits per heavy atom. The van der Waals surface area contributed by atoms with Crippen LogP contribution in [0.4, 0.5) is 0 Å². The van der Waals surface area contributed by atoms with Gasteiger partial charge in [0, 0.05) is 28.9 Å². The Hall–Kier alpha value is -2.82. The zero-order chi connectivity index (χ0) is 13.1. The van der Waals surface area contributed by atoms with Crippen LogP contribution < -0.4 is 5.43 Å². The largest absolute Gasteiger partial charge is 0.361 e. The number of hydrogen-bond acceptors (Lipinski definition) is 2. The van der Waals surface area contributed by atoms with Gasteiger partial charge in [0.15, 0.2) is 0 Å². The molecule has 0 fully saturated rings. The topological polar surface area (TPSA) is 73.0 Å². The Kier molecular flexibility index (Phi) is 2.86. The number of carbonyl (C=O) groups is 1. The van der Waals surface area contributed by atoms with Gasteiger partial charge in [0.05, 0.1) is 6.21 Å². The van der Waals surface area contributed by atoms with E-state index in [1.807, 2.05) is 30.5 Å². The maximum absolute atomic E-state index is 11.6. The molecule has 94 valence electrons. The third-order valence-corrected chi connectivity index (χ3v) is 2.83. The third-order valence-electron chi connectivity index (χ3n) is 2.83. The number of rotatable bonds is 3. The van der Waals surface area contributed by atoms with Crippen molar-refractivity contribution in [1.82, 2.24) is 15.4 Å². The molecule has 0 radical (unpaired) electrons. The normalized spacial score (nSPS) is 11.2. The summed E-state index contributed by atoms with van der Waals surface area (Å²) in [5.41, 5.74) is 4.93. The number of aromatic nitrogens is 2. The molecule has 2 aromatic heterocycles. The number of fused-ring (bicyclic) bond motifs is 1. The molecule has 5 heteroatoms. The number of nitrogens with one attached hydrogen (secondary N) is 3. The molecule has 5 nitrogen and oxygen atoms in total. The summed E-state index contributed by atoms with van der Waals surface area (Å²) < 4.78 is 0. The Bertz CT molecular complexity index is 725. The summed E-state index contributed by atoms with van der Waals surface area (Å²) in [6.07, 6.45) is 5.17. The van der Waals surface area contributed by atoms with Gasteiger partial charge < -0.3 is 9.97 Å². The molecule has 1 aromatic carbocycles. The van der Waals surface area contributed by atoms with Crippen molar-refractivity contribution >= 4 is 23.0 Å². The van der Waals surface area contributed by atoms with Gasteiger partial charge in [-0.1, -0.05) is 18.2 Å². The monoisotopic (exact) mass is 252 g/mol. The average Bonchev–Trinajstić information content (AvgIpc) is 3.08. The molecular formula is C14H12N4O. The number of aromatic amines is 2. The van der Waals surface area contributed by atoms with Crippen molar-refractivity contribution in [2.24, 2.45) is 5.10 Å². The number of benzene rings is 1. The molecule has 0 unspecified atom stereocenters. The molecule has 0 aliphatic rings. The van der Waals surface area contributed by atoms with Crippen LogP contribution >= 0.6 is 0 Å². The fourth-order valence-corrected chi connectivity index (χ4v) is 1.89. The molecule has 0 spiro atoms. The van der Waals surface area contributed by atoms with Crippen molar-refractivity contribution < 1.29 is 4.79 Å². The summed E-state index contributed by atoms with van der Waals surface area (Å²) in [5.74, 6) is -0.263. The quantitative estimate of drug-likeness (QED) is 0.485. The van der Waals surface area contributed by atoms with Crippen LogP contribution in [-0.4, -0.2) is 22.1 Å². The summed E-state index contributed by atoms with van der Waals surface area (Å²) in [5, 5.41) is 5.03. The SMILES string of the molecule is O=C(N/N=C/c1c[nH]c2ccccc12)c1ccc[nH]1. The van der Waals surface area contributed by atoms with Crippen molar-refractivity contribution in [3.8, 4) is 0 Å². The van der Waals surface area contributed by atoms with Crippen molar-refractivity contribution in [3.63, 3.8) is 0 Å². The molecule has 0 saturated carbocycles. The first kappa shape index (κ1) is 11.3. The van der Waals surface area contributed by atoms with Crippen molar-refractivity contribution in [2.45, 2.75) is 0 Å². The van der Waals surface area contributed by atoms with E-state index in [1.54, 1.807) is 24.5 Å². The van der Waals surface area contributed by atoms with E-state index in [-0.39, 0.29) is 5.91 Å². The lowest BCUT2D eigenvalue weighted by atomic mass is 10.2. The zero-order valence-corrected chi connectivity index (χ0v) is 10.1. The summed E-state index contributed by atoms with van der Waals surface area (Å²) in [4.78, 5) is 17.6. The van der Waals surface area contributed by atoms with E-state index in [9.17, 15) is 4.79 Å². The van der Waals surface area contributed by atoms with Crippen molar-refractivity contribution in [2.75, 3.05) is 0 Å². The van der Waals surface area contributed by atoms with Gasteiger partial charge in [-0.15, -0.1) is 0 Å². The van der Waals surface area contributed by atoms with Gasteiger partial charge in [-0.2, -0.15) is 5.10 Å². The first-order valence-electron chi connectivity index (χ1n) is 5.87. The molecule has 0 aliphatic heterocycles. The predicted molar refractivity (Wildman–Crippen MR) is 74.2 cm³/mol. The lowest BCUT2D eigenvalue weighted by molar-refractivity contribution is 0.0951. The summed E-state index contributed by atoms with van der Waals surface area (Å²) in [6, 6.07) is 11.4. The number of H-pyrrole nitrogens is 2. The molecular weight excluding hydrogens is 240 g/mol. The van der Waals surface area contributed by atoms with Crippen molar-refractivity contribution in [3.05, 3.63) is 60.0 Å². The lowest BCUT2D eigenvalue weighted by Gasteiger charge is -1.95. The molecule has 0 bridgehead atoms. The number of hydrogen-bond donors (Lipinski definition) is 3. The Morgan fingerprint density at radius 3 is 2.89 bits per heavy atom. The van der Waals surface area contributed by atoms with Crippen LogP contribution in [0, 0.1) is 0 Å². The number of amides is 1. The van der Waals surface area contributed by atoms with E-state index in [2.05, 4.69) is 20.5 Å². The van der Waals surface area contributed by atoms with Gasteiger partial charge in [0.2, 0.25) is 0 Å². The van der Waals surface area contributed by atoms with Gasteiger partial charge in [-0.3, -0.25) is 4.79 Å². The molecule has 19 heavy (non-hydrogen) atoms. The predicted octanol–water partition coefficient (Wildman–Crippen LogP) is 2.26. The molecule has 1 amide bonds. The van der Waals surface area contributed by atoms with Crippen LogP contribution in [0.15, 0.2) is 53.9 Å². The van der Waals surface area contributed by atoms with E-state index in [0.29, 0.717) is 5.69 Å². The summed E-state index contributed by atoms with van der Waals surface area (Å²) in [7, 11) is 0. The maximum Gasteiger partial charge on any atom is 0.287 e. The van der Waals surface area contributed by atoms with Crippen molar-refractivity contribution in [1.29, 1.82) is 0 Å². The summed E-state index contributed by atoms with van der Waals surface area (Å²) in [6.45, 7) is 0. The highest BCUT2D eigenvalue weighted by atomic mass is 16.2. The molecule has 3 aromatic rings. The minimum Gasteiger partial charge on any atom is -0.361 e. The second-order valence-corrected chi connectivity index (χ2v) is 4.07. The second kappa shape index (κ2) is 4.81. The Labute approximate surface area is 109 Å². The molecule has 3 rings (SSSR count). The van der Waals surface area contributed by atoms with E-state index in [4.69, 9.17) is 0 Å². The van der Waals surface area contributed by atoms with E-state index >= 15 is 0 Å². The highest BCUT2D eigenvalue weighted by Gasteiger charge is 2.03. The Morgan fingerprint density at radius 1 is 1.16 bits per heavy atom. The Balaban J connectivity index is 1.75. The first-order chi connectivity index (χ1) is 9.34. The highest BCUT2D eigenvalue weighted by Crippen LogP contribution is 2.15. The number of para-hydroxylation sites is 1. The van der Waals surface area contributed by atoms with Gasteiger partial charge in [0.1, 0.15) is 5.69 Å². The summed E-state index contributed by atoms with van der Waals surface area (Å²) >= 11 is 0. The fourth-order valence-electron chi connectivity index (χ4n) is 1.89. The number of hydrazone groups is 1. The van der Waals surface area contributed by atoms with Crippen LogP contribution in [-0.2, 0) is 0 Å². The molecule has 2 heterocycles. The van der Waals surface area contributed by atoms with Gasteiger partial charge in [0.25, 0.3) is 5.91 Å². The van der Waals surface area contributed by atoms with Gasteiger partial charge in [-0.25, -0.2) is 5.43 Å². The standard InChI is InChI=1S/C14H12N4O/c19-14(13-6-3-7-15-13)18-17-9-10-8-16-12-5-2-1-4-11(10)12/h1-9,15-16H,(H,18,19)/b17-9+.